The third kappa shape index (κ3) is 2.62. The predicted molar refractivity (Wildman–Crippen MR) is 87.3 cm³/mol. The molecule has 0 radical (unpaired) electrons. The number of ether oxygens (including phenoxy) is 1. The third-order valence-corrected chi connectivity index (χ3v) is 4.80. The minimum atomic E-state index is 0.719. The standard InChI is InChI=1S/C16H22N2OS/c1-3-19-13-6-7-14(16-11-20-12-17(16)2)15(10-13)18-8-4-5-9-18/h6-7,10-11H,3-5,8-9,12H2,1-2H3. The van der Waals surface area contributed by atoms with E-state index in [9.17, 15) is 0 Å². The summed E-state index contributed by atoms with van der Waals surface area (Å²) in [5.74, 6) is 2.02. The van der Waals surface area contributed by atoms with Gasteiger partial charge in [0.1, 0.15) is 5.75 Å². The summed E-state index contributed by atoms with van der Waals surface area (Å²) in [4.78, 5) is 4.81. The topological polar surface area (TPSA) is 15.7 Å². The molecule has 0 amide bonds. The molecule has 0 atom stereocenters. The highest BCUT2D eigenvalue weighted by Gasteiger charge is 2.22. The molecule has 0 unspecified atom stereocenters. The third-order valence-electron chi connectivity index (χ3n) is 3.88. The Hall–Kier alpha value is -1.29. The molecule has 108 valence electrons. The summed E-state index contributed by atoms with van der Waals surface area (Å²) < 4.78 is 5.69. The summed E-state index contributed by atoms with van der Waals surface area (Å²) >= 11 is 1.86. The molecule has 0 aliphatic carbocycles. The van der Waals surface area contributed by atoms with Crippen LogP contribution >= 0.6 is 11.8 Å². The van der Waals surface area contributed by atoms with Crippen molar-refractivity contribution >= 4 is 23.1 Å². The highest BCUT2D eigenvalue weighted by atomic mass is 32.2. The van der Waals surface area contributed by atoms with Gasteiger partial charge < -0.3 is 14.5 Å². The number of benzene rings is 1. The van der Waals surface area contributed by atoms with Crippen LogP contribution in [0.25, 0.3) is 5.70 Å². The Balaban J connectivity index is 1.99. The molecule has 2 aliphatic heterocycles. The number of rotatable bonds is 4. The highest BCUT2D eigenvalue weighted by molar-refractivity contribution is 8.02. The molecule has 0 spiro atoms. The van der Waals surface area contributed by atoms with Crippen LogP contribution in [-0.2, 0) is 0 Å². The van der Waals surface area contributed by atoms with E-state index >= 15 is 0 Å². The van der Waals surface area contributed by atoms with Crippen molar-refractivity contribution in [2.75, 3.05) is 37.5 Å². The molecule has 20 heavy (non-hydrogen) atoms. The molecule has 1 aromatic carbocycles. The fourth-order valence-corrected chi connectivity index (χ4v) is 3.76. The molecule has 1 saturated heterocycles. The number of nitrogens with zero attached hydrogens (tertiary/aromatic N) is 2. The highest BCUT2D eigenvalue weighted by Crippen LogP contribution is 2.38. The molecule has 4 heteroatoms. The van der Waals surface area contributed by atoms with E-state index in [1.54, 1.807) is 0 Å². The van der Waals surface area contributed by atoms with Crippen molar-refractivity contribution in [1.82, 2.24) is 4.90 Å². The first-order valence-electron chi connectivity index (χ1n) is 7.34. The molecule has 0 N–H and O–H groups in total. The SMILES string of the molecule is CCOc1ccc(C2=CSCN2C)c(N2CCCC2)c1. The van der Waals surface area contributed by atoms with Gasteiger partial charge in [-0.2, -0.15) is 0 Å². The van der Waals surface area contributed by atoms with Crippen LogP contribution in [0.5, 0.6) is 5.75 Å². The van der Waals surface area contributed by atoms with E-state index in [4.69, 9.17) is 4.74 Å². The van der Waals surface area contributed by atoms with E-state index in [1.807, 2.05) is 18.7 Å². The van der Waals surface area contributed by atoms with Gasteiger partial charge in [-0.25, -0.2) is 0 Å². The smallest absolute Gasteiger partial charge is 0.121 e. The van der Waals surface area contributed by atoms with Crippen molar-refractivity contribution in [3.63, 3.8) is 0 Å². The van der Waals surface area contributed by atoms with Crippen LogP contribution in [0.2, 0.25) is 0 Å². The largest absolute Gasteiger partial charge is 0.494 e. The Morgan fingerprint density at radius 3 is 2.70 bits per heavy atom. The number of thioether (sulfide) groups is 1. The van der Waals surface area contributed by atoms with E-state index < -0.39 is 0 Å². The lowest BCUT2D eigenvalue weighted by Crippen LogP contribution is -2.21. The van der Waals surface area contributed by atoms with Gasteiger partial charge in [-0.3, -0.25) is 0 Å². The van der Waals surface area contributed by atoms with Gasteiger partial charge in [-0.15, -0.1) is 11.8 Å². The number of hydrogen-bond donors (Lipinski definition) is 0. The molecular weight excluding hydrogens is 268 g/mol. The van der Waals surface area contributed by atoms with Gasteiger partial charge >= 0.3 is 0 Å². The lowest BCUT2D eigenvalue weighted by atomic mass is 10.1. The van der Waals surface area contributed by atoms with Gasteiger partial charge in [0.25, 0.3) is 0 Å². The molecule has 0 bridgehead atoms. The first-order chi connectivity index (χ1) is 9.79. The zero-order chi connectivity index (χ0) is 13.9. The molecule has 0 aromatic heterocycles. The van der Waals surface area contributed by atoms with Crippen LogP contribution in [0.4, 0.5) is 5.69 Å². The second-order valence-electron chi connectivity index (χ2n) is 5.30. The van der Waals surface area contributed by atoms with Gasteiger partial charge in [-0.1, -0.05) is 0 Å². The predicted octanol–water partition coefficient (Wildman–Crippen LogP) is 3.62. The zero-order valence-corrected chi connectivity index (χ0v) is 13.1. The summed E-state index contributed by atoms with van der Waals surface area (Å²) in [6, 6.07) is 6.52. The number of hydrogen-bond acceptors (Lipinski definition) is 4. The normalized spacial score (nSPS) is 18.6. The van der Waals surface area contributed by atoms with Crippen molar-refractivity contribution < 1.29 is 4.74 Å². The van der Waals surface area contributed by atoms with Crippen LogP contribution in [0, 0.1) is 0 Å². The first-order valence-corrected chi connectivity index (χ1v) is 8.39. The molecule has 2 aliphatic rings. The average molecular weight is 290 g/mol. The van der Waals surface area contributed by atoms with E-state index in [1.165, 1.54) is 29.8 Å². The fraction of sp³-hybridized carbons (Fsp3) is 0.500. The van der Waals surface area contributed by atoms with Crippen LogP contribution < -0.4 is 9.64 Å². The molecule has 2 heterocycles. The maximum atomic E-state index is 5.69. The van der Waals surface area contributed by atoms with Crippen LogP contribution in [0.15, 0.2) is 23.6 Å². The zero-order valence-electron chi connectivity index (χ0n) is 12.3. The van der Waals surface area contributed by atoms with Gasteiger partial charge in [0.2, 0.25) is 0 Å². The molecule has 3 nitrogen and oxygen atoms in total. The van der Waals surface area contributed by atoms with Crippen molar-refractivity contribution in [1.29, 1.82) is 0 Å². The van der Waals surface area contributed by atoms with Gasteiger partial charge in [0.05, 0.1) is 18.2 Å². The monoisotopic (exact) mass is 290 g/mol. The summed E-state index contributed by atoms with van der Waals surface area (Å²) in [7, 11) is 2.16. The average Bonchev–Trinajstić information content (AvgIpc) is 3.10. The Kier molecular flexibility index (Phi) is 4.10. The quantitative estimate of drug-likeness (QED) is 0.841. The Morgan fingerprint density at radius 2 is 2.05 bits per heavy atom. The van der Waals surface area contributed by atoms with E-state index in [0.29, 0.717) is 0 Å². The van der Waals surface area contributed by atoms with Gasteiger partial charge in [-0.05, 0) is 37.3 Å². The van der Waals surface area contributed by atoms with E-state index in [-0.39, 0.29) is 0 Å². The summed E-state index contributed by atoms with van der Waals surface area (Å²) in [6.07, 6.45) is 2.59. The molecule has 1 fully saturated rings. The van der Waals surface area contributed by atoms with Crippen LogP contribution in [0.1, 0.15) is 25.3 Å². The summed E-state index contributed by atoms with van der Waals surface area (Å²) in [5.41, 5.74) is 4.00. The maximum absolute atomic E-state index is 5.69. The van der Waals surface area contributed by atoms with Crippen molar-refractivity contribution in [2.24, 2.45) is 0 Å². The maximum Gasteiger partial charge on any atom is 0.121 e. The molecular formula is C16H22N2OS. The molecule has 1 aromatic rings. The molecule has 0 saturated carbocycles. The Morgan fingerprint density at radius 1 is 1.25 bits per heavy atom. The van der Waals surface area contributed by atoms with Gasteiger partial charge in [0, 0.05) is 37.5 Å². The van der Waals surface area contributed by atoms with E-state index in [2.05, 4.69) is 40.5 Å². The second kappa shape index (κ2) is 6.00. The van der Waals surface area contributed by atoms with Crippen LogP contribution in [0.3, 0.4) is 0 Å². The Labute approximate surface area is 125 Å². The van der Waals surface area contributed by atoms with Crippen molar-refractivity contribution in [3.8, 4) is 5.75 Å². The summed E-state index contributed by atoms with van der Waals surface area (Å²) in [6.45, 7) is 5.07. The Bertz CT molecular complexity index is 509. The van der Waals surface area contributed by atoms with Crippen molar-refractivity contribution in [3.05, 3.63) is 29.2 Å². The minimum absolute atomic E-state index is 0.719. The van der Waals surface area contributed by atoms with Gasteiger partial charge in [0.15, 0.2) is 0 Å². The molecule has 3 rings (SSSR count). The van der Waals surface area contributed by atoms with Crippen LogP contribution in [-0.4, -0.2) is 37.5 Å². The lowest BCUT2D eigenvalue weighted by molar-refractivity contribution is 0.340. The number of anilines is 1. The lowest BCUT2D eigenvalue weighted by Gasteiger charge is -2.25. The summed E-state index contributed by atoms with van der Waals surface area (Å²) in [5, 5.41) is 2.27. The van der Waals surface area contributed by atoms with Crippen molar-refractivity contribution in [2.45, 2.75) is 19.8 Å². The fourth-order valence-electron chi connectivity index (χ4n) is 2.86. The first kappa shape index (κ1) is 13.7. The van der Waals surface area contributed by atoms with E-state index in [0.717, 1.165) is 31.3 Å². The second-order valence-corrected chi connectivity index (χ2v) is 6.13. The minimum Gasteiger partial charge on any atom is -0.494 e.